The van der Waals surface area contributed by atoms with Crippen LogP contribution in [0.5, 0.6) is 0 Å². The van der Waals surface area contributed by atoms with Crippen LogP contribution in [0.25, 0.3) is 5.69 Å². The van der Waals surface area contributed by atoms with Crippen LogP contribution in [0.3, 0.4) is 0 Å². The number of benzene rings is 1. The van der Waals surface area contributed by atoms with Crippen molar-refractivity contribution in [3.8, 4) is 5.69 Å². The summed E-state index contributed by atoms with van der Waals surface area (Å²) in [5, 5.41) is 18.5. The van der Waals surface area contributed by atoms with E-state index in [4.69, 9.17) is 0 Å². The van der Waals surface area contributed by atoms with Crippen LogP contribution in [0.4, 0.5) is 5.69 Å². The fourth-order valence-corrected chi connectivity index (χ4v) is 2.18. The monoisotopic (exact) mass is 266 g/mol. The molecular weight excluding hydrogens is 256 g/mol. The van der Waals surface area contributed by atoms with Crippen molar-refractivity contribution in [1.82, 2.24) is 14.8 Å². The van der Waals surface area contributed by atoms with Gasteiger partial charge in [-0.2, -0.15) is 0 Å². The van der Waals surface area contributed by atoms with Crippen LogP contribution >= 0.6 is 0 Å². The molecule has 0 bridgehead atoms. The number of nitrogens with zero attached hydrogens (tertiary/aromatic N) is 4. The second-order valence-corrected chi connectivity index (χ2v) is 4.94. The Hall–Kier alpha value is -2.09. The molecule has 0 unspecified atom stereocenters. The van der Waals surface area contributed by atoms with Gasteiger partial charge >= 0.3 is 0 Å². The van der Waals surface area contributed by atoms with Gasteiger partial charge in [0.2, 0.25) is 5.16 Å². The first-order valence-electron chi connectivity index (χ1n) is 4.99. The second kappa shape index (κ2) is 4.65. The lowest BCUT2D eigenvalue weighted by Gasteiger charge is -2.05. The van der Waals surface area contributed by atoms with Gasteiger partial charge in [-0.3, -0.25) is 18.9 Å². The molecule has 2 aromatic rings. The van der Waals surface area contributed by atoms with Gasteiger partial charge in [0.25, 0.3) is 5.69 Å². The molecule has 0 radical (unpaired) electrons. The molecule has 7 nitrogen and oxygen atoms in total. The van der Waals surface area contributed by atoms with E-state index in [1.165, 1.54) is 18.6 Å². The van der Waals surface area contributed by atoms with Crippen molar-refractivity contribution in [3.63, 3.8) is 0 Å². The molecule has 0 aliphatic carbocycles. The maximum Gasteiger partial charge on any atom is 0.272 e. The highest BCUT2D eigenvalue weighted by molar-refractivity contribution is 7.84. The Morgan fingerprint density at radius 1 is 1.44 bits per heavy atom. The van der Waals surface area contributed by atoms with E-state index in [1.807, 2.05) is 0 Å². The lowest BCUT2D eigenvalue weighted by Crippen LogP contribution is -2.02. The summed E-state index contributed by atoms with van der Waals surface area (Å²) in [5.74, 6) is 0. The molecule has 1 heterocycles. The molecule has 0 N–H and O–H groups in total. The minimum Gasteiger partial charge on any atom is -0.275 e. The van der Waals surface area contributed by atoms with Gasteiger partial charge < -0.3 is 0 Å². The quantitative estimate of drug-likeness (QED) is 0.615. The first-order valence-corrected chi connectivity index (χ1v) is 6.55. The highest BCUT2D eigenvalue weighted by atomic mass is 32.2. The van der Waals surface area contributed by atoms with Crippen molar-refractivity contribution in [1.29, 1.82) is 0 Å². The molecule has 1 aromatic carbocycles. The van der Waals surface area contributed by atoms with Crippen molar-refractivity contribution >= 4 is 16.5 Å². The van der Waals surface area contributed by atoms with E-state index in [0.29, 0.717) is 16.4 Å². The molecule has 0 aliphatic heterocycles. The van der Waals surface area contributed by atoms with Crippen LogP contribution in [-0.2, 0) is 10.8 Å². The number of aromatic nitrogens is 3. The molecule has 0 saturated carbocycles. The van der Waals surface area contributed by atoms with E-state index < -0.39 is 15.7 Å². The first kappa shape index (κ1) is 12.4. The summed E-state index contributed by atoms with van der Waals surface area (Å²) in [6.07, 6.45) is 2.93. The standard InChI is InChI=1S/C10H10N4O3S/c1-7-5-8(3-4-9(7)14(15)16)13-6-11-12-10(13)18(2)17/h3-6H,1-2H3/t18-/m1/s1. The van der Waals surface area contributed by atoms with Gasteiger partial charge in [-0.25, -0.2) is 0 Å². The molecule has 8 heteroatoms. The number of aryl methyl sites for hydroxylation is 1. The van der Waals surface area contributed by atoms with E-state index >= 15 is 0 Å². The molecule has 94 valence electrons. The van der Waals surface area contributed by atoms with Crippen molar-refractivity contribution in [2.24, 2.45) is 0 Å². The summed E-state index contributed by atoms with van der Waals surface area (Å²) in [6, 6.07) is 4.62. The number of hydrogen-bond acceptors (Lipinski definition) is 5. The van der Waals surface area contributed by atoms with Gasteiger partial charge in [0, 0.05) is 23.6 Å². The number of nitro groups is 1. The lowest BCUT2D eigenvalue weighted by atomic mass is 10.2. The minimum atomic E-state index is -1.28. The third-order valence-electron chi connectivity index (χ3n) is 2.43. The summed E-state index contributed by atoms with van der Waals surface area (Å²) in [6.45, 7) is 1.65. The Morgan fingerprint density at radius 2 is 2.17 bits per heavy atom. The molecule has 0 aliphatic rings. The van der Waals surface area contributed by atoms with Gasteiger partial charge in [0.05, 0.1) is 15.7 Å². The second-order valence-electron chi connectivity index (χ2n) is 3.67. The Labute approximate surface area is 105 Å². The van der Waals surface area contributed by atoms with Gasteiger partial charge in [0.1, 0.15) is 6.33 Å². The predicted octanol–water partition coefficient (Wildman–Crippen LogP) is 1.22. The highest BCUT2D eigenvalue weighted by Crippen LogP contribution is 2.21. The normalized spacial score (nSPS) is 12.3. The van der Waals surface area contributed by atoms with Gasteiger partial charge in [-0.15, -0.1) is 10.2 Å². The van der Waals surface area contributed by atoms with Crippen molar-refractivity contribution in [2.75, 3.05) is 6.26 Å². The smallest absolute Gasteiger partial charge is 0.272 e. The zero-order valence-electron chi connectivity index (χ0n) is 9.73. The summed E-state index contributed by atoms with van der Waals surface area (Å²) in [4.78, 5) is 10.3. The molecule has 0 saturated heterocycles. The van der Waals surface area contributed by atoms with E-state index in [1.54, 1.807) is 23.6 Å². The van der Waals surface area contributed by atoms with E-state index in [9.17, 15) is 14.3 Å². The predicted molar refractivity (Wildman–Crippen MR) is 65.1 cm³/mol. The maximum atomic E-state index is 11.4. The van der Waals surface area contributed by atoms with Crippen LogP contribution in [0, 0.1) is 17.0 Å². The SMILES string of the molecule is Cc1cc(-n2cnnc2[S@@](C)=O)ccc1[N+](=O)[O-]. The Kier molecular flexibility index (Phi) is 3.19. The average molecular weight is 266 g/mol. The van der Waals surface area contributed by atoms with Crippen LogP contribution in [0.2, 0.25) is 0 Å². The molecule has 0 fully saturated rings. The van der Waals surface area contributed by atoms with Crippen LogP contribution in [0.1, 0.15) is 5.56 Å². The third kappa shape index (κ3) is 2.14. The highest BCUT2D eigenvalue weighted by Gasteiger charge is 2.14. The maximum absolute atomic E-state index is 11.4. The summed E-state index contributed by atoms with van der Waals surface area (Å²) >= 11 is 0. The van der Waals surface area contributed by atoms with E-state index in [-0.39, 0.29) is 5.69 Å². The third-order valence-corrected chi connectivity index (χ3v) is 3.22. The Bertz CT molecular complexity index is 638. The van der Waals surface area contributed by atoms with Gasteiger partial charge in [-0.1, -0.05) is 0 Å². The van der Waals surface area contributed by atoms with E-state index in [0.717, 1.165) is 0 Å². The first-order chi connectivity index (χ1) is 8.50. The summed E-state index contributed by atoms with van der Waals surface area (Å²) < 4.78 is 13.0. The molecule has 1 aromatic heterocycles. The Balaban J connectivity index is 2.52. The van der Waals surface area contributed by atoms with Gasteiger partial charge in [0.15, 0.2) is 0 Å². The zero-order chi connectivity index (χ0) is 13.3. The molecular formula is C10H10N4O3S. The van der Waals surface area contributed by atoms with Gasteiger partial charge in [-0.05, 0) is 19.1 Å². The zero-order valence-corrected chi connectivity index (χ0v) is 10.5. The average Bonchev–Trinajstić information content (AvgIpc) is 2.77. The van der Waals surface area contributed by atoms with Crippen LogP contribution in [-0.4, -0.2) is 30.2 Å². The molecule has 1 atom stereocenters. The van der Waals surface area contributed by atoms with Crippen molar-refractivity contribution in [3.05, 3.63) is 40.2 Å². The number of hydrogen-bond donors (Lipinski definition) is 0. The largest absolute Gasteiger partial charge is 0.275 e. The fourth-order valence-electron chi connectivity index (χ4n) is 1.59. The minimum absolute atomic E-state index is 0.0472. The van der Waals surface area contributed by atoms with Crippen LogP contribution in [0.15, 0.2) is 29.7 Å². The van der Waals surface area contributed by atoms with Crippen LogP contribution < -0.4 is 0 Å². The van der Waals surface area contributed by atoms with Crippen molar-refractivity contribution < 1.29 is 9.13 Å². The lowest BCUT2D eigenvalue weighted by molar-refractivity contribution is -0.385. The number of rotatable bonds is 3. The fraction of sp³-hybridized carbons (Fsp3) is 0.200. The topological polar surface area (TPSA) is 90.9 Å². The van der Waals surface area contributed by atoms with Crippen molar-refractivity contribution in [2.45, 2.75) is 12.1 Å². The summed E-state index contributed by atoms with van der Waals surface area (Å²) in [5.41, 5.74) is 1.22. The number of nitro benzene ring substituents is 1. The molecule has 18 heavy (non-hydrogen) atoms. The van der Waals surface area contributed by atoms with E-state index in [2.05, 4.69) is 10.2 Å². The molecule has 2 rings (SSSR count). The summed E-state index contributed by atoms with van der Waals surface area (Å²) in [7, 11) is -1.28. The molecule has 0 spiro atoms. The molecule has 0 amide bonds. The Morgan fingerprint density at radius 3 is 2.72 bits per heavy atom.